The molecular formula is C17H24N2O. The zero-order valence-corrected chi connectivity index (χ0v) is 12.2. The Morgan fingerprint density at radius 3 is 2.85 bits per heavy atom. The molecule has 20 heavy (non-hydrogen) atoms. The Morgan fingerprint density at radius 1 is 1.25 bits per heavy atom. The van der Waals surface area contributed by atoms with Crippen molar-refractivity contribution >= 4 is 5.91 Å². The lowest BCUT2D eigenvalue weighted by Gasteiger charge is -2.29. The van der Waals surface area contributed by atoms with Gasteiger partial charge in [-0.3, -0.25) is 4.79 Å². The molecule has 2 N–H and O–H groups in total. The number of nitrogens with one attached hydrogen (secondary N) is 2. The third kappa shape index (κ3) is 2.88. The monoisotopic (exact) mass is 272 g/mol. The van der Waals surface area contributed by atoms with Crippen molar-refractivity contribution in [3.63, 3.8) is 0 Å². The molecule has 1 amide bonds. The first kappa shape index (κ1) is 13.6. The number of fused-ring (bicyclic) bond motifs is 1. The second-order valence-electron chi connectivity index (χ2n) is 6.23. The van der Waals surface area contributed by atoms with Gasteiger partial charge in [-0.25, -0.2) is 0 Å². The number of aryl methyl sites for hydroxylation is 1. The highest BCUT2D eigenvalue weighted by atomic mass is 16.2. The number of rotatable bonds is 2. The van der Waals surface area contributed by atoms with Gasteiger partial charge in [0.1, 0.15) is 0 Å². The third-order valence-electron chi connectivity index (χ3n) is 4.61. The molecule has 0 saturated heterocycles. The lowest BCUT2D eigenvalue weighted by atomic mass is 9.88. The van der Waals surface area contributed by atoms with Crippen LogP contribution in [0.2, 0.25) is 0 Å². The first-order valence-corrected chi connectivity index (χ1v) is 7.84. The SMILES string of the molecule is Cc1ccc2c(c1)C(C(=O)NC1CCCCC1)CNC2. The minimum atomic E-state index is -0.0272. The van der Waals surface area contributed by atoms with Crippen molar-refractivity contribution in [1.29, 1.82) is 0 Å². The third-order valence-corrected chi connectivity index (χ3v) is 4.61. The maximum atomic E-state index is 12.6. The number of hydrogen-bond donors (Lipinski definition) is 2. The molecule has 1 atom stereocenters. The highest BCUT2D eigenvalue weighted by Gasteiger charge is 2.28. The summed E-state index contributed by atoms with van der Waals surface area (Å²) in [5.41, 5.74) is 3.73. The van der Waals surface area contributed by atoms with Gasteiger partial charge < -0.3 is 10.6 Å². The van der Waals surface area contributed by atoms with E-state index in [4.69, 9.17) is 0 Å². The van der Waals surface area contributed by atoms with Crippen molar-refractivity contribution in [1.82, 2.24) is 10.6 Å². The van der Waals surface area contributed by atoms with E-state index in [1.165, 1.54) is 36.0 Å². The van der Waals surface area contributed by atoms with Crippen LogP contribution in [0.15, 0.2) is 18.2 Å². The average Bonchev–Trinajstić information content (AvgIpc) is 2.47. The lowest BCUT2D eigenvalue weighted by Crippen LogP contribution is -2.43. The van der Waals surface area contributed by atoms with Crippen molar-refractivity contribution in [2.24, 2.45) is 0 Å². The molecule has 0 bridgehead atoms. The van der Waals surface area contributed by atoms with E-state index >= 15 is 0 Å². The van der Waals surface area contributed by atoms with Crippen LogP contribution in [0.1, 0.15) is 54.7 Å². The molecule has 1 aromatic rings. The van der Waals surface area contributed by atoms with Crippen LogP contribution in [0.5, 0.6) is 0 Å². The molecule has 1 aromatic carbocycles. The van der Waals surface area contributed by atoms with Crippen molar-refractivity contribution in [2.45, 2.75) is 57.5 Å². The van der Waals surface area contributed by atoms with Crippen molar-refractivity contribution < 1.29 is 4.79 Å². The summed E-state index contributed by atoms with van der Waals surface area (Å²) in [5, 5.41) is 6.64. The van der Waals surface area contributed by atoms with Crippen LogP contribution < -0.4 is 10.6 Å². The van der Waals surface area contributed by atoms with E-state index in [1.807, 2.05) is 0 Å². The second kappa shape index (κ2) is 5.96. The summed E-state index contributed by atoms with van der Waals surface area (Å²) in [6.07, 6.45) is 6.12. The quantitative estimate of drug-likeness (QED) is 0.869. The highest BCUT2D eigenvalue weighted by Crippen LogP contribution is 2.26. The molecule has 1 heterocycles. The van der Waals surface area contributed by atoms with Gasteiger partial charge in [-0.2, -0.15) is 0 Å². The van der Waals surface area contributed by atoms with E-state index in [2.05, 4.69) is 35.8 Å². The Morgan fingerprint density at radius 2 is 2.05 bits per heavy atom. The Balaban J connectivity index is 1.74. The molecule has 0 spiro atoms. The fourth-order valence-corrected chi connectivity index (χ4v) is 3.44. The molecule has 1 saturated carbocycles. The summed E-state index contributed by atoms with van der Waals surface area (Å²) < 4.78 is 0. The lowest BCUT2D eigenvalue weighted by molar-refractivity contribution is -0.123. The van der Waals surface area contributed by atoms with E-state index in [0.29, 0.717) is 6.04 Å². The number of carbonyl (C=O) groups is 1. The molecule has 1 aliphatic heterocycles. The summed E-state index contributed by atoms with van der Waals surface area (Å²) in [6, 6.07) is 6.85. The van der Waals surface area contributed by atoms with Gasteiger partial charge in [0.25, 0.3) is 0 Å². The van der Waals surface area contributed by atoms with Gasteiger partial charge in [-0.1, -0.05) is 43.0 Å². The van der Waals surface area contributed by atoms with Crippen molar-refractivity contribution in [2.75, 3.05) is 6.54 Å². The topological polar surface area (TPSA) is 41.1 Å². The van der Waals surface area contributed by atoms with E-state index in [-0.39, 0.29) is 11.8 Å². The van der Waals surface area contributed by atoms with Gasteiger partial charge in [0.2, 0.25) is 5.91 Å². The molecule has 1 aliphatic carbocycles. The summed E-state index contributed by atoms with van der Waals surface area (Å²) in [5.74, 6) is 0.177. The number of benzene rings is 1. The summed E-state index contributed by atoms with van der Waals surface area (Å²) >= 11 is 0. The molecule has 2 aliphatic rings. The van der Waals surface area contributed by atoms with Gasteiger partial charge in [0, 0.05) is 19.1 Å². The van der Waals surface area contributed by atoms with E-state index < -0.39 is 0 Å². The van der Waals surface area contributed by atoms with Crippen LogP contribution in [-0.2, 0) is 11.3 Å². The Bertz CT molecular complexity index is 492. The summed E-state index contributed by atoms with van der Waals surface area (Å²) in [4.78, 5) is 12.6. The first-order chi connectivity index (χ1) is 9.74. The first-order valence-electron chi connectivity index (χ1n) is 7.84. The van der Waals surface area contributed by atoms with Crippen LogP contribution in [-0.4, -0.2) is 18.5 Å². The molecule has 1 unspecified atom stereocenters. The van der Waals surface area contributed by atoms with Crippen molar-refractivity contribution in [3.8, 4) is 0 Å². The molecule has 108 valence electrons. The smallest absolute Gasteiger partial charge is 0.229 e. The molecular weight excluding hydrogens is 248 g/mol. The minimum Gasteiger partial charge on any atom is -0.353 e. The summed E-state index contributed by atoms with van der Waals surface area (Å²) in [6.45, 7) is 3.73. The molecule has 3 nitrogen and oxygen atoms in total. The van der Waals surface area contributed by atoms with E-state index in [1.54, 1.807) is 0 Å². The number of hydrogen-bond acceptors (Lipinski definition) is 2. The number of amides is 1. The Hall–Kier alpha value is -1.35. The van der Waals surface area contributed by atoms with Crippen molar-refractivity contribution in [3.05, 3.63) is 34.9 Å². The molecule has 3 heteroatoms. The zero-order valence-electron chi connectivity index (χ0n) is 12.2. The van der Waals surface area contributed by atoms with E-state index in [9.17, 15) is 4.79 Å². The fourth-order valence-electron chi connectivity index (χ4n) is 3.44. The number of carbonyl (C=O) groups excluding carboxylic acids is 1. The Kier molecular flexibility index (Phi) is 4.06. The maximum absolute atomic E-state index is 12.6. The van der Waals surface area contributed by atoms with Crippen LogP contribution in [0, 0.1) is 6.92 Å². The standard InChI is InChI=1S/C17H24N2O/c1-12-7-8-13-10-18-11-16(15(13)9-12)17(20)19-14-5-3-2-4-6-14/h7-9,14,16,18H,2-6,10-11H2,1H3,(H,19,20). The van der Waals surface area contributed by atoms with Crippen LogP contribution in [0.3, 0.4) is 0 Å². The van der Waals surface area contributed by atoms with E-state index in [0.717, 1.165) is 25.9 Å². The fraction of sp³-hybridized carbons (Fsp3) is 0.588. The predicted molar refractivity (Wildman–Crippen MR) is 80.6 cm³/mol. The average molecular weight is 272 g/mol. The molecule has 3 rings (SSSR count). The minimum absolute atomic E-state index is 0.0272. The van der Waals surface area contributed by atoms with Gasteiger partial charge in [-0.15, -0.1) is 0 Å². The van der Waals surface area contributed by atoms with Crippen LogP contribution >= 0.6 is 0 Å². The molecule has 1 fully saturated rings. The highest BCUT2D eigenvalue weighted by molar-refractivity contribution is 5.85. The Labute approximate surface area is 121 Å². The van der Waals surface area contributed by atoms with Gasteiger partial charge in [0.15, 0.2) is 0 Å². The zero-order chi connectivity index (χ0) is 13.9. The van der Waals surface area contributed by atoms with Gasteiger partial charge in [-0.05, 0) is 30.9 Å². The molecule has 0 aromatic heterocycles. The second-order valence-corrected chi connectivity index (χ2v) is 6.23. The predicted octanol–water partition coefficient (Wildman–Crippen LogP) is 2.63. The molecule has 0 radical (unpaired) electrons. The summed E-state index contributed by atoms with van der Waals surface area (Å²) in [7, 11) is 0. The van der Waals surface area contributed by atoms with Crippen LogP contribution in [0.25, 0.3) is 0 Å². The van der Waals surface area contributed by atoms with Gasteiger partial charge in [0.05, 0.1) is 5.92 Å². The largest absolute Gasteiger partial charge is 0.353 e. The maximum Gasteiger partial charge on any atom is 0.229 e. The van der Waals surface area contributed by atoms with Crippen LogP contribution in [0.4, 0.5) is 0 Å². The normalized spacial score (nSPS) is 23.1. The van der Waals surface area contributed by atoms with Gasteiger partial charge >= 0.3 is 0 Å².